The average molecular weight is 267 g/mol. The molecule has 0 bridgehead atoms. The van der Waals surface area contributed by atoms with Crippen molar-refractivity contribution in [3.8, 4) is 5.75 Å². The highest BCUT2D eigenvalue weighted by Gasteiger charge is 2.08. The molecular weight excluding hydrogens is 242 g/mol. The summed E-state index contributed by atoms with van der Waals surface area (Å²) in [6.45, 7) is 10.4. The average Bonchev–Trinajstić information content (AvgIpc) is 2.33. The van der Waals surface area contributed by atoms with E-state index in [2.05, 4.69) is 57.3 Å². The summed E-state index contributed by atoms with van der Waals surface area (Å²) in [6, 6.07) is 8.36. The number of rotatable bonds is 7. The van der Waals surface area contributed by atoms with Gasteiger partial charge in [-0.1, -0.05) is 19.1 Å². The van der Waals surface area contributed by atoms with Gasteiger partial charge in [0.25, 0.3) is 0 Å². The van der Waals surface area contributed by atoms with Crippen molar-refractivity contribution < 1.29 is 4.74 Å². The van der Waals surface area contributed by atoms with Crippen LogP contribution >= 0.6 is 11.8 Å². The van der Waals surface area contributed by atoms with Gasteiger partial charge in [0.05, 0.1) is 6.61 Å². The van der Waals surface area contributed by atoms with Crippen molar-refractivity contribution in [1.29, 1.82) is 0 Å². The molecule has 1 rings (SSSR count). The third-order valence-corrected chi connectivity index (χ3v) is 3.31. The first-order valence-electron chi connectivity index (χ1n) is 6.56. The van der Waals surface area contributed by atoms with Crippen molar-refractivity contribution in [2.24, 2.45) is 0 Å². The van der Waals surface area contributed by atoms with Gasteiger partial charge in [-0.05, 0) is 44.2 Å². The fraction of sp³-hybridized carbons (Fsp3) is 0.600. The Kier molecular flexibility index (Phi) is 6.58. The van der Waals surface area contributed by atoms with Crippen molar-refractivity contribution in [3.63, 3.8) is 0 Å². The molecule has 0 amide bonds. The third-order valence-electron chi connectivity index (χ3n) is 2.45. The largest absolute Gasteiger partial charge is 0.493 e. The van der Waals surface area contributed by atoms with E-state index in [-0.39, 0.29) is 5.54 Å². The number of hydrogen-bond acceptors (Lipinski definition) is 3. The molecule has 2 nitrogen and oxygen atoms in total. The molecular formula is C15H25NOS. The lowest BCUT2D eigenvalue weighted by Crippen LogP contribution is -2.35. The lowest BCUT2D eigenvalue weighted by Gasteiger charge is -2.20. The normalized spacial score (nSPS) is 11.6. The van der Waals surface area contributed by atoms with Crippen LogP contribution in [0.15, 0.2) is 24.3 Å². The van der Waals surface area contributed by atoms with Crippen LogP contribution in [0.4, 0.5) is 0 Å². The Morgan fingerprint density at radius 1 is 1.17 bits per heavy atom. The van der Waals surface area contributed by atoms with Crippen LogP contribution < -0.4 is 10.1 Å². The van der Waals surface area contributed by atoms with Crippen LogP contribution in [0.1, 0.15) is 33.3 Å². The van der Waals surface area contributed by atoms with Crippen molar-refractivity contribution >= 4 is 11.8 Å². The number of ether oxygens (including phenoxy) is 1. The molecule has 0 heterocycles. The zero-order chi connectivity index (χ0) is 13.4. The summed E-state index contributed by atoms with van der Waals surface area (Å²) in [6.07, 6.45) is 0. The van der Waals surface area contributed by atoms with Crippen LogP contribution in [0.2, 0.25) is 0 Å². The number of benzene rings is 1. The Balaban J connectivity index is 2.33. The van der Waals surface area contributed by atoms with E-state index in [4.69, 9.17) is 4.74 Å². The van der Waals surface area contributed by atoms with E-state index < -0.39 is 0 Å². The number of thioether (sulfide) groups is 1. The number of nitrogens with one attached hydrogen (secondary N) is 1. The lowest BCUT2D eigenvalue weighted by molar-refractivity contribution is 0.343. The molecule has 0 saturated carbocycles. The summed E-state index contributed by atoms with van der Waals surface area (Å²) in [7, 11) is 0. The smallest absolute Gasteiger partial charge is 0.119 e. The third kappa shape index (κ3) is 6.92. The van der Waals surface area contributed by atoms with Crippen LogP contribution in [0.3, 0.4) is 0 Å². The van der Waals surface area contributed by atoms with Crippen LogP contribution in [0.25, 0.3) is 0 Å². The summed E-state index contributed by atoms with van der Waals surface area (Å²) < 4.78 is 5.67. The Morgan fingerprint density at radius 3 is 2.39 bits per heavy atom. The minimum absolute atomic E-state index is 0.159. The Morgan fingerprint density at radius 2 is 1.83 bits per heavy atom. The van der Waals surface area contributed by atoms with Crippen molar-refractivity contribution in [3.05, 3.63) is 29.8 Å². The van der Waals surface area contributed by atoms with Crippen molar-refractivity contribution in [2.75, 3.05) is 18.1 Å². The second kappa shape index (κ2) is 7.70. The zero-order valence-electron chi connectivity index (χ0n) is 12.0. The second-order valence-corrected chi connectivity index (χ2v) is 6.69. The molecule has 0 radical (unpaired) electrons. The predicted octanol–water partition coefficient (Wildman–Crippen LogP) is 3.71. The summed E-state index contributed by atoms with van der Waals surface area (Å²) >= 11 is 1.91. The van der Waals surface area contributed by atoms with Crippen LogP contribution in [0, 0.1) is 0 Å². The second-order valence-electron chi connectivity index (χ2n) is 5.29. The van der Waals surface area contributed by atoms with Gasteiger partial charge in [-0.15, -0.1) is 0 Å². The van der Waals surface area contributed by atoms with E-state index in [0.29, 0.717) is 0 Å². The molecule has 0 aliphatic heterocycles. The van der Waals surface area contributed by atoms with Gasteiger partial charge in [0.2, 0.25) is 0 Å². The molecule has 0 saturated heterocycles. The zero-order valence-corrected chi connectivity index (χ0v) is 12.8. The lowest BCUT2D eigenvalue weighted by atomic mass is 10.1. The van der Waals surface area contributed by atoms with Gasteiger partial charge in [-0.25, -0.2) is 0 Å². The molecule has 0 spiro atoms. The maximum Gasteiger partial charge on any atom is 0.119 e. The SMILES string of the molecule is CCSCCOc1ccc(CNC(C)(C)C)cc1. The van der Waals surface area contributed by atoms with E-state index in [0.717, 1.165) is 30.4 Å². The molecule has 0 fully saturated rings. The fourth-order valence-corrected chi connectivity index (χ4v) is 1.92. The van der Waals surface area contributed by atoms with E-state index >= 15 is 0 Å². The van der Waals surface area contributed by atoms with E-state index in [1.165, 1.54) is 5.56 Å². The maximum atomic E-state index is 5.67. The van der Waals surface area contributed by atoms with Crippen LogP contribution in [-0.4, -0.2) is 23.7 Å². The molecule has 0 aliphatic carbocycles. The monoisotopic (exact) mass is 267 g/mol. The van der Waals surface area contributed by atoms with Crippen LogP contribution in [0.5, 0.6) is 5.75 Å². The molecule has 3 heteroatoms. The Bertz CT molecular complexity index is 329. The molecule has 102 valence electrons. The predicted molar refractivity (Wildman–Crippen MR) is 81.5 cm³/mol. The fourth-order valence-electron chi connectivity index (χ4n) is 1.43. The molecule has 0 unspecified atom stereocenters. The molecule has 18 heavy (non-hydrogen) atoms. The molecule has 0 aliphatic rings. The molecule has 0 aromatic heterocycles. The van der Waals surface area contributed by atoms with Crippen molar-refractivity contribution in [1.82, 2.24) is 5.32 Å². The highest BCUT2D eigenvalue weighted by atomic mass is 32.2. The van der Waals surface area contributed by atoms with Gasteiger partial charge in [0, 0.05) is 17.8 Å². The van der Waals surface area contributed by atoms with E-state index in [9.17, 15) is 0 Å². The summed E-state index contributed by atoms with van der Waals surface area (Å²) in [4.78, 5) is 0. The summed E-state index contributed by atoms with van der Waals surface area (Å²) in [5.74, 6) is 3.18. The van der Waals surface area contributed by atoms with Crippen LogP contribution in [-0.2, 0) is 6.54 Å². The van der Waals surface area contributed by atoms with Gasteiger partial charge in [-0.3, -0.25) is 0 Å². The van der Waals surface area contributed by atoms with E-state index in [1.54, 1.807) is 0 Å². The first-order chi connectivity index (χ1) is 8.51. The quantitative estimate of drug-likeness (QED) is 0.761. The first kappa shape index (κ1) is 15.4. The minimum Gasteiger partial charge on any atom is -0.493 e. The van der Waals surface area contributed by atoms with Gasteiger partial charge in [-0.2, -0.15) is 11.8 Å². The Hall–Kier alpha value is -0.670. The number of hydrogen-bond donors (Lipinski definition) is 1. The summed E-state index contributed by atoms with van der Waals surface area (Å²) in [5, 5.41) is 3.47. The van der Waals surface area contributed by atoms with Gasteiger partial charge < -0.3 is 10.1 Å². The van der Waals surface area contributed by atoms with E-state index in [1.807, 2.05) is 11.8 Å². The topological polar surface area (TPSA) is 21.3 Å². The molecule has 1 N–H and O–H groups in total. The van der Waals surface area contributed by atoms with Gasteiger partial charge >= 0.3 is 0 Å². The molecule has 1 aromatic carbocycles. The highest BCUT2D eigenvalue weighted by molar-refractivity contribution is 7.99. The molecule has 0 atom stereocenters. The molecule has 1 aromatic rings. The van der Waals surface area contributed by atoms with Crippen molar-refractivity contribution in [2.45, 2.75) is 39.8 Å². The Labute approximate surface area is 116 Å². The van der Waals surface area contributed by atoms with Gasteiger partial charge in [0.15, 0.2) is 0 Å². The minimum atomic E-state index is 0.159. The maximum absolute atomic E-state index is 5.67. The van der Waals surface area contributed by atoms with Gasteiger partial charge in [0.1, 0.15) is 5.75 Å². The highest BCUT2D eigenvalue weighted by Crippen LogP contribution is 2.13. The summed E-state index contributed by atoms with van der Waals surface area (Å²) in [5.41, 5.74) is 1.45. The first-order valence-corrected chi connectivity index (χ1v) is 7.71. The standard InChI is InChI=1S/C15H25NOS/c1-5-18-11-10-17-14-8-6-13(7-9-14)12-16-15(2,3)4/h6-9,16H,5,10-12H2,1-4H3.